The second-order valence-electron chi connectivity index (χ2n) is 2.84. The molecular formula is C8H14N2O3. The first-order valence-corrected chi connectivity index (χ1v) is 3.85. The third kappa shape index (κ3) is 5.72. The highest BCUT2D eigenvalue weighted by atomic mass is 16.4. The molecule has 0 bridgehead atoms. The maximum Gasteiger partial charge on any atom is 0.325 e. The molecule has 5 heteroatoms. The molecular weight excluding hydrogens is 172 g/mol. The fraction of sp³-hybridized carbons (Fsp3) is 0.500. The number of nitrogens with one attached hydrogen (secondary N) is 2. The molecule has 0 spiro atoms. The Bertz CT molecular complexity index is 225. The normalized spacial score (nSPS) is 11.5. The van der Waals surface area contributed by atoms with Crippen molar-refractivity contribution >= 4 is 12.0 Å². The molecule has 0 radical (unpaired) electrons. The van der Waals surface area contributed by atoms with Gasteiger partial charge in [-0.05, 0) is 13.8 Å². The Labute approximate surface area is 76.8 Å². The summed E-state index contributed by atoms with van der Waals surface area (Å²) in [7, 11) is 0. The van der Waals surface area contributed by atoms with Crippen molar-refractivity contribution < 1.29 is 14.7 Å². The number of urea groups is 1. The molecule has 0 aromatic rings. The molecule has 0 aliphatic carbocycles. The fourth-order valence-electron chi connectivity index (χ4n) is 0.541. The van der Waals surface area contributed by atoms with E-state index in [0.717, 1.165) is 5.57 Å². The molecule has 5 nitrogen and oxygen atoms in total. The van der Waals surface area contributed by atoms with E-state index in [2.05, 4.69) is 17.2 Å². The lowest BCUT2D eigenvalue weighted by Crippen LogP contribution is -2.44. The number of hydrogen-bond donors (Lipinski definition) is 3. The third-order valence-electron chi connectivity index (χ3n) is 1.27. The molecule has 0 unspecified atom stereocenters. The van der Waals surface area contributed by atoms with Crippen LogP contribution < -0.4 is 10.6 Å². The summed E-state index contributed by atoms with van der Waals surface area (Å²) in [6.07, 6.45) is 0. The first kappa shape index (κ1) is 11.5. The summed E-state index contributed by atoms with van der Waals surface area (Å²) >= 11 is 0. The van der Waals surface area contributed by atoms with E-state index < -0.39 is 18.0 Å². The maximum atomic E-state index is 10.9. The minimum Gasteiger partial charge on any atom is -0.480 e. The Kier molecular flexibility index (Phi) is 4.58. The van der Waals surface area contributed by atoms with Gasteiger partial charge in [-0.3, -0.25) is 4.79 Å². The lowest BCUT2D eigenvalue weighted by atomic mass is 10.3. The number of carbonyl (C=O) groups is 2. The number of carboxylic acid groups (broad SMARTS) is 1. The van der Waals surface area contributed by atoms with Crippen molar-refractivity contribution in [1.29, 1.82) is 0 Å². The molecule has 74 valence electrons. The standard InChI is InChI=1S/C8H14N2O3/c1-5(2)4-9-8(13)10-6(3)7(11)12/h6H,1,4H2,2-3H3,(H,11,12)(H2,9,10,13)/t6-/m0/s1. The molecule has 0 aromatic carbocycles. The van der Waals surface area contributed by atoms with Crippen LogP contribution >= 0.6 is 0 Å². The number of aliphatic carboxylic acids is 1. The molecule has 0 aliphatic heterocycles. The highest BCUT2D eigenvalue weighted by Gasteiger charge is 2.12. The Morgan fingerprint density at radius 3 is 2.46 bits per heavy atom. The van der Waals surface area contributed by atoms with Crippen molar-refractivity contribution in [1.82, 2.24) is 10.6 Å². The lowest BCUT2D eigenvalue weighted by Gasteiger charge is -2.10. The van der Waals surface area contributed by atoms with Gasteiger partial charge in [0.2, 0.25) is 0 Å². The smallest absolute Gasteiger partial charge is 0.325 e. The van der Waals surface area contributed by atoms with Crippen LogP contribution in [0.25, 0.3) is 0 Å². The molecule has 3 N–H and O–H groups in total. The van der Waals surface area contributed by atoms with Crippen LogP contribution in [0.1, 0.15) is 13.8 Å². The van der Waals surface area contributed by atoms with Gasteiger partial charge in [0, 0.05) is 6.54 Å². The molecule has 0 aliphatic rings. The van der Waals surface area contributed by atoms with Gasteiger partial charge in [0.15, 0.2) is 0 Å². The molecule has 2 amide bonds. The van der Waals surface area contributed by atoms with Crippen LogP contribution in [-0.2, 0) is 4.79 Å². The van der Waals surface area contributed by atoms with Crippen LogP contribution in [0.15, 0.2) is 12.2 Å². The van der Waals surface area contributed by atoms with Crippen molar-refractivity contribution in [3.8, 4) is 0 Å². The number of amides is 2. The number of hydrogen-bond acceptors (Lipinski definition) is 2. The average Bonchev–Trinajstić information content (AvgIpc) is 2.00. The fourth-order valence-corrected chi connectivity index (χ4v) is 0.541. The van der Waals surface area contributed by atoms with Gasteiger partial charge >= 0.3 is 12.0 Å². The van der Waals surface area contributed by atoms with E-state index in [1.807, 2.05) is 0 Å². The number of carbonyl (C=O) groups excluding carboxylic acids is 1. The summed E-state index contributed by atoms with van der Waals surface area (Å²) in [5.41, 5.74) is 0.804. The monoisotopic (exact) mass is 186 g/mol. The van der Waals surface area contributed by atoms with Crippen molar-refractivity contribution in [3.63, 3.8) is 0 Å². The molecule has 0 aromatic heterocycles. The lowest BCUT2D eigenvalue weighted by molar-refractivity contribution is -0.138. The summed E-state index contributed by atoms with van der Waals surface area (Å²) in [5.74, 6) is -1.06. The van der Waals surface area contributed by atoms with E-state index in [4.69, 9.17) is 5.11 Å². The quantitative estimate of drug-likeness (QED) is 0.554. The Balaban J connectivity index is 3.74. The molecule has 0 saturated carbocycles. The Morgan fingerprint density at radius 2 is 2.08 bits per heavy atom. The molecule has 1 atom stereocenters. The van der Waals surface area contributed by atoms with Gasteiger partial charge in [0.1, 0.15) is 6.04 Å². The summed E-state index contributed by atoms with van der Waals surface area (Å²) < 4.78 is 0. The van der Waals surface area contributed by atoms with Crippen molar-refractivity contribution in [2.24, 2.45) is 0 Å². The molecule has 0 heterocycles. The van der Waals surface area contributed by atoms with Crippen LogP contribution in [0.3, 0.4) is 0 Å². The van der Waals surface area contributed by atoms with Crippen molar-refractivity contribution in [2.45, 2.75) is 19.9 Å². The highest BCUT2D eigenvalue weighted by Crippen LogP contribution is 1.83. The second kappa shape index (κ2) is 5.18. The zero-order valence-electron chi connectivity index (χ0n) is 7.76. The van der Waals surface area contributed by atoms with E-state index >= 15 is 0 Å². The van der Waals surface area contributed by atoms with E-state index in [1.165, 1.54) is 6.92 Å². The zero-order valence-corrected chi connectivity index (χ0v) is 7.76. The van der Waals surface area contributed by atoms with Gasteiger partial charge in [-0.2, -0.15) is 0 Å². The van der Waals surface area contributed by atoms with Crippen LogP contribution in [0.4, 0.5) is 4.79 Å². The Hall–Kier alpha value is -1.52. The highest BCUT2D eigenvalue weighted by molar-refractivity contribution is 5.82. The first-order chi connectivity index (χ1) is 5.93. The average molecular weight is 186 g/mol. The van der Waals surface area contributed by atoms with E-state index in [-0.39, 0.29) is 0 Å². The van der Waals surface area contributed by atoms with Gasteiger partial charge in [0.25, 0.3) is 0 Å². The first-order valence-electron chi connectivity index (χ1n) is 3.85. The summed E-state index contributed by atoms with van der Waals surface area (Å²) in [5, 5.41) is 13.1. The molecule has 0 rings (SSSR count). The minimum absolute atomic E-state index is 0.345. The Morgan fingerprint density at radius 1 is 1.54 bits per heavy atom. The predicted molar refractivity (Wildman–Crippen MR) is 48.4 cm³/mol. The summed E-state index contributed by atoms with van der Waals surface area (Å²) in [4.78, 5) is 21.2. The van der Waals surface area contributed by atoms with Crippen molar-refractivity contribution in [2.75, 3.05) is 6.54 Å². The van der Waals surface area contributed by atoms with Gasteiger partial charge in [-0.1, -0.05) is 12.2 Å². The second-order valence-corrected chi connectivity index (χ2v) is 2.84. The van der Waals surface area contributed by atoms with Crippen LogP contribution in [-0.4, -0.2) is 29.7 Å². The molecule has 0 saturated heterocycles. The third-order valence-corrected chi connectivity index (χ3v) is 1.27. The summed E-state index contributed by atoms with van der Waals surface area (Å²) in [6.45, 7) is 7.08. The largest absolute Gasteiger partial charge is 0.480 e. The summed E-state index contributed by atoms with van der Waals surface area (Å²) in [6, 6.07) is -1.39. The van der Waals surface area contributed by atoms with Gasteiger partial charge in [0.05, 0.1) is 0 Å². The number of carboxylic acids is 1. The number of rotatable bonds is 4. The van der Waals surface area contributed by atoms with Gasteiger partial charge in [-0.25, -0.2) is 4.79 Å². The molecule has 0 fully saturated rings. The van der Waals surface area contributed by atoms with Gasteiger partial charge < -0.3 is 15.7 Å². The van der Waals surface area contributed by atoms with Crippen LogP contribution in [0.2, 0.25) is 0 Å². The SMILES string of the molecule is C=C(C)CNC(=O)N[C@@H](C)C(=O)O. The van der Waals surface area contributed by atoms with Gasteiger partial charge in [-0.15, -0.1) is 0 Å². The zero-order chi connectivity index (χ0) is 10.4. The van der Waals surface area contributed by atoms with E-state index in [9.17, 15) is 9.59 Å². The van der Waals surface area contributed by atoms with E-state index in [0.29, 0.717) is 6.54 Å². The predicted octanol–water partition coefficient (Wildman–Crippen LogP) is 0.335. The minimum atomic E-state index is -1.06. The van der Waals surface area contributed by atoms with Crippen molar-refractivity contribution in [3.05, 3.63) is 12.2 Å². The molecule has 13 heavy (non-hydrogen) atoms. The van der Waals surface area contributed by atoms with E-state index in [1.54, 1.807) is 6.92 Å². The van der Waals surface area contributed by atoms with Crippen LogP contribution in [0, 0.1) is 0 Å². The van der Waals surface area contributed by atoms with Crippen LogP contribution in [0.5, 0.6) is 0 Å². The topological polar surface area (TPSA) is 78.4 Å². The maximum absolute atomic E-state index is 10.9.